The quantitative estimate of drug-likeness (QED) is 0.626. The zero-order valence-electron chi connectivity index (χ0n) is 16.3. The van der Waals surface area contributed by atoms with E-state index >= 15 is 0 Å². The van der Waals surface area contributed by atoms with Crippen molar-refractivity contribution in [3.63, 3.8) is 0 Å². The van der Waals surface area contributed by atoms with Gasteiger partial charge >= 0.3 is 12.1 Å². The lowest BCUT2D eigenvalue weighted by Crippen LogP contribution is -2.35. The lowest BCUT2D eigenvalue weighted by Gasteiger charge is -2.16. The Kier molecular flexibility index (Phi) is 5.75. The van der Waals surface area contributed by atoms with Crippen molar-refractivity contribution >= 4 is 12.1 Å². The molecule has 4 rings (SSSR count). The highest BCUT2D eigenvalue weighted by Gasteiger charge is 2.29. The molecule has 0 aliphatic heterocycles. The van der Waals surface area contributed by atoms with Crippen LogP contribution in [0.5, 0.6) is 0 Å². The van der Waals surface area contributed by atoms with E-state index in [0.29, 0.717) is 0 Å². The molecule has 30 heavy (non-hydrogen) atoms. The number of nitrogens with zero attached hydrogens (tertiary/aromatic N) is 1. The number of rotatable bonds is 7. The minimum Gasteiger partial charge on any atom is -0.481 e. The Balaban J connectivity index is 1.36. The van der Waals surface area contributed by atoms with E-state index in [1.54, 1.807) is 18.5 Å². The molecule has 1 heterocycles. The Morgan fingerprint density at radius 3 is 2.27 bits per heavy atom. The third-order valence-electron chi connectivity index (χ3n) is 5.39. The van der Waals surface area contributed by atoms with Crippen molar-refractivity contribution < 1.29 is 19.4 Å². The van der Waals surface area contributed by atoms with Crippen molar-refractivity contribution in [2.24, 2.45) is 5.92 Å². The molecule has 1 aliphatic rings. The molecule has 0 saturated heterocycles. The van der Waals surface area contributed by atoms with Crippen LogP contribution >= 0.6 is 0 Å². The van der Waals surface area contributed by atoms with Crippen LogP contribution in [0.25, 0.3) is 11.1 Å². The second-order valence-corrected chi connectivity index (χ2v) is 7.31. The summed E-state index contributed by atoms with van der Waals surface area (Å²) in [5.74, 6) is -1.76. The molecular weight excluding hydrogens is 380 g/mol. The van der Waals surface area contributed by atoms with Crippen molar-refractivity contribution in [2.75, 3.05) is 13.2 Å². The van der Waals surface area contributed by atoms with Crippen molar-refractivity contribution in [2.45, 2.75) is 12.3 Å². The summed E-state index contributed by atoms with van der Waals surface area (Å²) in [4.78, 5) is 27.8. The van der Waals surface area contributed by atoms with Crippen molar-refractivity contribution in [3.05, 3.63) is 89.7 Å². The fourth-order valence-electron chi connectivity index (χ4n) is 3.91. The number of hydrogen-bond acceptors (Lipinski definition) is 4. The highest BCUT2D eigenvalue weighted by molar-refractivity contribution is 5.79. The summed E-state index contributed by atoms with van der Waals surface area (Å²) in [6, 6.07) is 19.8. The van der Waals surface area contributed by atoms with E-state index in [0.717, 1.165) is 27.8 Å². The number of aliphatic carboxylic acids is 1. The number of amides is 1. The van der Waals surface area contributed by atoms with Gasteiger partial charge in [-0.25, -0.2) is 4.79 Å². The summed E-state index contributed by atoms with van der Waals surface area (Å²) in [5.41, 5.74) is 5.38. The average Bonchev–Trinajstić information content (AvgIpc) is 3.09. The fourth-order valence-corrected chi connectivity index (χ4v) is 3.91. The highest BCUT2D eigenvalue weighted by atomic mass is 16.5. The summed E-state index contributed by atoms with van der Waals surface area (Å²) < 4.78 is 5.46. The first-order valence-electron chi connectivity index (χ1n) is 9.84. The maximum absolute atomic E-state index is 12.3. The summed E-state index contributed by atoms with van der Waals surface area (Å²) in [5, 5.41) is 12.0. The van der Waals surface area contributed by atoms with Gasteiger partial charge in [-0.15, -0.1) is 0 Å². The Morgan fingerprint density at radius 1 is 1.00 bits per heavy atom. The Labute approximate surface area is 174 Å². The summed E-state index contributed by atoms with van der Waals surface area (Å²) in [7, 11) is 0. The van der Waals surface area contributed by atoms with Crippen LogP contribution in [0.4, 0.5) is 4.79 Å². The average molecular weight is 402 g/mol. The third-order valence-corrected chi connectivity index (χ3v) is 5.39. The molecule has 1 aliphatic carbocycles. The number of carbonyl (C=O) groups excluding carboxylic acids is 1. The van der Waals surface area contributed by atoms with E-state index in [2.05, 4.69) is 34.6 Å². The van der Waals surface area contributed by atoms with Gasteiger partial charge in [-0.05, 0) is 40.3 Å². The monoisotopic (exact) mass is 402 g/mol. The minimum atomic E-state index is -0.974. The molecule has 6 nitrogen and oxygen atoms in total. The summed E-state index contributed by atoms with van der Waals surface area (Å²) in [6.45, 7) is 0.182. The maximum atomic E-state index is 12.3. The van der Waals surface area contributed by atoms with Gasteiger partial charge in [-0.3, -0.25) is 9.78 Å². The van der Waals surface area contributed by atoms with Gasteiger partial charge in [0.2, 0.25) is 0 Å². The maximum Gasteiger partial charge on any atom is 0.407 e. The zero-order valence-corrected chi connectivity index (χ0v) is 16.3. The molecule has 6 heteroatoms. The molecule has 2 N–H and O–H groups in total. The third kappa shape index (κ3) is 4.17. The number of aromatic nitrogens is 1. The SMILES string of the molecule is O=C(NCC(Cc1cccnc1)C(=O)O)OCC1c2ccccc2-c2ccccc21. The smallest absolute Gasteiger partial charge is 0.407 e. The number of carbonyl (C=O) groups is 2. The van der Waals surface area contributed by atoms with Crippen LogP contribution in [0.3, 0.4) is 0 Å². The highest BCUT2D eigenvalue weighted by Crippen LogP contribution is 2.44. The molecule has 1 amide bonds. The topological polar surface area (TPSA) is 88.5 Å². The Hall–Kier alpha value is -3.67. The molecule has 0 saturated carbocycles. The molecule has 0 spiro atoms. The van der Waals surface area contributed by atoms with Gasteiger partial charge in [-0.2, -0.15) is 0 Å². The number of benzene rings is 2. The predicted octanol–water partition coefficient (Wildman–Crippen LogP) is 3.86. The molecule has 1 aromatic heterocycles. The van der Waals surface area contributed by atoms with Crippen molar-refractivity contribution in [3.8, 4) is 11.1 Å². The zero-order chi connectivity index (χ0) is 20.9. The molecule has 2 aromatic carbocycles. The van der Waals surface area contributed by atoms with Gasteiger partial charge in [0.15, 0.2) is 0 Å². The first kappa shape index (κ1) is 19.6. The van der Waals surface area contributed by atoms with Gasteiger partial charge < -0.3 is 15.2 Å². The molecule has 1 unspecified atom stereocenters. The van der Waals surface area contributed by atoms with Gasteiger partial charge in [0.25, 0.3) is 0 Å². The normalized spacial score (nSPS) is 13.2. The van der Waals surface area contributed by atoms with Gasteiger partial charge in [0.05, 0.1) is 5.92 Å². The molecule has 152 valence electrons. The first-order valence-corrected chi connectivity index (χ1v) is 9.84. The Morgan fingerprint density at radius 2 is 1.67 bits per heavy atom. The molecule has 1 atom stereocenters. The van der Waals surface area contributed by atoms with Crippen LogP contribution in [0, 0.1) is 5.92 Å². The summed E-state index contributed by atoms with van der Waals surface area (Å²) >= 11 is 0. The van der Waals surface area contributed by atoms with E-state index in [9.17, 15) is 14.7 Å². The summed E-state index contributed by atoms with van der Waals surface area (Å²) in [6.07, 6.45) is 2.93. The number of alkyl carbamates (subject to hydrolysis) is 1. The van der Waals surface area contributed by atoms with E-state index in [-0.39, 0.29) is 25.5 Å². The number of carboxylic acids is 1. The molecule has 3 aromatic rings. The lowest BCUT2D eigenvalue weighted by atomic mass is 9.98. The largest absolute Gasteiger partial charge is 0.481 e. The van der Waals surface area contributed by atoms with Crippen LogP contribution in [0.2, 0.25) is 0 Å². The van der Waals surface area contributed by atoms with Crippen LogP contribution in [-0.2, 0) is 16.0 Å². The second-order valence-electron chi connectivity index (χ2n) is 7.31. The fraction of sp³-hybridized carbons (Fsp3) is 0.208. The van der Waals surface area contributed by atoms with E-state index in [1.165, 1.54) is 0 Å². The van der Waals surface area contributed by atoms with Crippen LogP contribution in [-0.4, -0.2) is 35.3 Å². The van der Waals surface area contributed by atoms with Gasteiger partial charge in [-0.1, -0.05) is 54.6 Å². The number of hydrogen-bond donors (Lipinski definition) is 2. The molecular formula is C24H22N2O4. The van der Waals surface area contributed by atoms with Crippen LogP contribution < -0.4 is 5.32 Å². The van der Waals surface area contributed by atoms with Crippen LogP contribution in [0.1, 0.15) is 22.6 Å². The standard InChI is InChI=1S/C24H22N2O4/c27-23(28)17(12-16-6-5-11-25-13-16)14-26-24(29)30-15-22-20-9-3-1-7-18(20)19-8-2-4-10-21(19)22/h1-11,13,17,22H,12,14-15H2,(H,26,29)(H,27,28). The van der Waals surface area contributed by atoms with E-state index in [4.69, 9.17) is 4.74 Å². The van der Waals surface area contributed by atoms with E-state index < -0.39 is 18.0 Å². The molecule has 0 radical (unpaired) electrons. The lowest BCUT2D eigenvalue weighted by molar-refractivity contribution is -0.141. The first-order chi connectivity index (χ1) is 14.6. The molecule has 0 bridgehead atoms. The van der Waals surface area contributed by atoms with Crippen molar-refractivity contribution in [1.82, 2.24) is 10.3 Å². The minimum absolute atomic E-state index is 0.0130. The van der Waals surface area contributed by atoms with Crippen LogP contribution in [0.15, 0.2) is 73.1 Å². The molecule has 0 fully saturated rings. The van der Waals surface area contributed by atoms with E-state index in [1.807, 2.05) is 30.3 Å². The number of ether oxygens (including phenoxy) is 1. The predicted molar refractivity (Wildman–Crippen MR) is 112 cm³/mol. The number of fused-ring (bicyclic) bond motifs is 3. The number of nitrogens with one attached hydrogen (secondary N) is 1. The number of carboxylic acid groups (broad SMARTS) is 1. The van der Waals surface area contributed by atoms with Gasteiger partial charge in [0, 0.05) is 24.9 Å². The van der Waals surface area contributed by atoms with Crippen molar-refractivity contribution in [1.29, 1.82) is 0 Å². The van der Waals surface area contributed by atoms with Gasteiger partial charge in [0.1, 0.15) is 6.61 Å². The number of pyridine rings is 1. The second kappa shape index (κ2) is 8.78. The Bertz CT molecular complexity index is 1010.